The molecule has 0 spiro atoms. The second kappa shape index (κ2) is 5.09. The fourth-order valence-corrected chi connectivity index (χ4v) is 2.84. The lowest BCUT2D eigenvalue weighted by molar-refractivity contribution is 1.10. The summed E-state index contributed by atoms with van der Waals surface area (Å²) in [6.45, 7) is 6.30. The van der Waals surface area contributed by atoms with E-state index < -0.39 is 0 Å². The van der Waals surface area contributed by atoms with Crippen LogP contribution in [0.4, 0.5) is 5.82 Å². The Kier molecular flexibility index (Phi) is 3.26. The summed E-state index contributed by atoms with van der Waals surface area (Å²) in [6.07, 6.45) is 0. The largest absolute Gasteiger partial charge is 0.382 e. The van der Waals surface area contributed by atoms with Crippen LogP contribution < -0.4 is 5.73 Å². The average molecular weight is 277 g/mol. The number of aryl methyl sites for hydroxylation is 3. The molecule has 1 heterocycles. The Morgan fingerprint density at radius 3 is 2.24 bits per heavy atom. The standard InChI is InChI=1S/C18H19N3/c1-11-6-4-9-14(10-11)16-17(20-21-18(16)19)15-12(2)7-5-8-13(15)3/h4-10H,1-3H3,(H3,19,20,21). The molecule has 0 bridgehead atoms. The summed E-state index contributed by atoms with van der Waals surface area (Å²) >= 11 is 0. The van der Waals surface area contributed by atoms with Crippen molar-refractivity contribution in [1.82, 2.24) is 10.2 Å². The number of hydrogen-bond acceptors (Lipinski definition) is 2. The molecule has 3 N–H and O–H groups in total. The van der Waals surface area contributed by atoms with Crippen molar-refractivity contribution in [2.75, 3.05) is 5.73 Å². The van der Waals surface area contributed by atoms with Crippen LogP contribution in [0.15, 0.2) is 42.5 Å². The minimum atomic E-state index is 0.540. The van der Waals surface area contributed by atoms with E-state index >= 15 is 0 Å². The summed E-state index contributed by atoms with van der Waals surface area (Å²) in [5.41, 5.74) is 14.0. The SMILES string of the molecule is Cc1cccc(-c2c(N)n[nH]c2-c2c(C)cccc2C)c1. The van der Waals surface area contributed by atoms with Gasteiger partial charge in [-0.25, -0.2) is 0 Å². The predicted molar refractivity (Wildman–Crippen MR) is 88.1 cm³/mol. The topological polar surface area (TPSA) is 54.7 Å². The average Bonchev–Trinajstić information content (AvgIpc) is 2.80. The van der Waals surface area contributed by atoms with Gasteiger partial charge in [-0.05, 0) is 37.5 Å². The lowest BCUT2D eigenvalue weighted by Crippen LogP contribution is -1.92. The Hall–Kier alpha value is -2.55. The summed E-state index contributed by atoms with van der Waals surface area (Å²) in [4.78, 5) is 0. The van der Waals surface area contributed by atoms with Crippen molar-refractivity contribution in [3.63, 3.8) is 0 Å². The number of hydrogen-bond donors (Lipinski definition) is 2. The van der Waals surface area contributed by atoms with Crippen molar-refractivity contribution >= 4 is 5.82 Å². The number of rotatable bonds is 2. The van der Waals surface area contributed by atoms with E-state index in [0.29, 0.717) is 5.82 Å². The Labute approximate surface area is 124 Å². The normalized spacial score (nSPS) is 10.8. The van der Waals surface area contributed by atoms with Gasteiger partial charge in [0.1, 0.15) is 0 Å². The molecule has 0 radical (unpaired) electrons. The minimum Gasteiger partial charge on any atom is -0.382 e. The van der Waals surface area contributed by atoms with Gasteiger partial charge < -0.3 is 5.73 Å². The molecular formula is C18H19N3. The van der Waals surface area contributed by atoms with Crippen LogP contribution in [0.3, 0.4) is 0 Å². The van der Waals surface area contributed by atoms with Crippen LogP contribution in [-0.2, 0) is 0 Å². The Bertz CT molecular complexity index is 780. The molecule has 0 saturated heterocycles. The number of nitrogen functional groups attached to an aromatic ring is 1. The molecule has 106 valence electrons. The maximum absolute atomic E-state index is 6.12. The van der Waals surface area contributed by atoms with Crippen molar-refractivity contribution in [2.45, 2.75) is 20.8 Å². The molecule has 21 heavy (non-hydrogen) atoms. The van der Waals surface area contributed by atoms with Gasteiger partial charge in [0.25, 0.3) is 0 Å². The number of aromatic nitrogens is 2. The first-order valence-corrected chi connectivity index (χ1v) is 7.05. The first kappa shape index (κ1) is 13.4. The minimum absolute atomic E-state index is 0.540. The molecule has 0 unspecified atom stereocenters. The highest BCUT2D eigenvalue weighted by atomic mass is 15.2. The zero-order chi connectivity index (χ0) is 15.0. The molecule has 3 nitrogen and oxygen atoms in total. The van der Waals surface area contributed by atoms with Crippen molar-refractivity contribution in [2.24, 2.45) is 0 Å². The summed E-state index contributed by atoms with van der Waals surface area (Å²) in [5, 5.41) is 7.35. The number of aromatic amines is 1. The third kappa shape index (κ3) is 2.31. The van der Waals surface area contributed by atoms with Gasteiger partial charge >= 0.3 is 0 Å². The van der Waals surface area contributed by atoms with Gasteiger partial charge in [-0.2, -0.15) is 5.10 Å². The summed E-state index contributed by atoms with van der Waals surface area (Å²) < 4.78 is 0. The first-order chi connectivity index (χ1) is 10.1. The third-order valence-electron chi connectivity index (χ3n) is 3.83. The van der Waals surface area contributed by atoms with Crippen LogP contribution in [0.5, 0.6) is 0 Å². The number of benzene rings is 2. The lowest BCUT2D eigenvalue weighted by atomic mass is 9.94. The highest BCUT2D eigenvalue weighted by Crippen LogP contribution is 2.37. The predicted octanol–water partition coefficient (Wildman–Crippen LogP) is 4.25. The molecule has 0 aliphatic rings. The highest BCUT2D eigenvalue weighted by molar-refractivity contribution is 5.89. The fourth-order valence-electron chi connectivity index (χ4n) is 2.84. The number of H-pyrrole nitrogens is 1. The number of nitrogens with zero attached hydrogens (tertiary/aromatic N) is 1. The van der Waals surface area contributed by atoms with Crippen molar-refractivity contribution < 1.29 is 0 Å². The fraction of sp³-hybridized carbons (Fsp3) is 0.167. The van der Waals surface area contributed by atoms with Gasteiger partial charge in [0.2, 0.25) is 0 Å². The van der Waals surface area contributed by atoms with Gasteiger partial charge in [-0.1, -0.05) is 48.0 Å². The van der Waals surface area contributed by atoms with E-state index in [9.17, 15) is 0 Å². The molecule has 0 fully saturated rings. The summed E-state index contributed by atoms with van der Waals surface area (Å²) in [5.74, 6) is 0.540. The van der Waals surface area contributed by atoms with E-state index in [1.807, 2.05) is 6.07 Å². The molecular weight excluding hydrogens is 258 g/mol. The van der Waals surface area contributed by atoms with E-state index in [0.717, 1.165) is 16.8 Å². The molecule has 0 aliphatic heterocycles. The van der Waals surface area contributed by atoms with E-state index in [2.05, 4.69) is 67.4 Å². The molecule has 3 heteroatoms. The van der Waals surface area contributed by atoms with Crippen LogP contribution in [0, 0.1) is 20.8 Å². The van der Waals surface area contributed by atoms with Crippen LogP contribution in [0.25, 0.3) is 22.4 Å². The lowest BCUT2D eigenvalue weighted by Gasteiger charge is -2.11. The van der Waals surface area contributed by atoms with Crippen molar-refractivity contribution in [3.8, 4) is 22.4 Å². The van der Waals surface area contributed by atoms with Gasteiger partial charge in [-0.15, -0.1) is 0 Å². The monoisotopic (exact) mass is 277 g/mol. The molecule has 0 saturated carbocycles. The van der Waals surface area contributed by atoms with Gasteiger partial charge in [-0.3, -0.25) is 5.10 Å². The molecule has 1 aromatic heterocycles. The van der Waals surface area contributed by atoms with E-state index in [1.54, 1.807) is 0 Å². The smallest absolute Gasteiger partial charge is 0.153 e. The second-order valence-electron chi connectivity index (χ2n) is 5.50. The van der Waals surface area contributed by atoms with Gasteiger partial charge in [0.15, 0.2) is 5.82 Å². The van der Waals surface area contributed by atoms with E-state index in [4.69, 9.17) is 5.73 Å². The maximum atomic E-state index is 6.12. The summed E-state index contributed by atoms with van der Waals surface area (Å²) in [6, 6.07) is 14.6. The number of anilines is 1. The Morgan fingerprint density at radius 1 is 0.905 bits per heavy atom. The highest BCUT2D eigenvalue weighted by Gasteiger charge is 2.17. The molecule has 3 rings (SSSR count). The maximum Gasteiger partial charge on any atom is 0.153 e. The van der Waals surface area contributed by atoms with Crippen molar-refractivity contribution in [3.05, 3.63) is 59.2 Å². The summed E-state index contributed by atoms with van der Waals surface area (Å²) in [7, 11) is 0. The van der Waals surface area contributed by atoms with Crippen LogP contribution in [-0.4, -0.2) is 10.2 Å². The zero-order valence-electron chi connectivity index (χ0n) is 12.6. The van der Waals surface area contributed by atoms with Crippen LogP contribution >= 0.6 is 0 Å². The van der Waals surface area contributed by atoms with Crippen LogP contribution in [0.1, 0.15) is 16.7 Å². The second-order valence-corrected chi connectivity index (χ2v) is 5.50. The molecule has 2 aromatic carbocycles. The zero-order valence-corrected chi connectivity index (χ0v) is 12.6. The number of nitrogens with one attached hydrogen (secondary N) is 1. The molecule has 3 aromatic rings. The molecule has 0 aliphatic carbocycles. The Balaban J connectivity index is 2.27. The van der Waals surface area contributed by atoms with Gasteiger partial charge in [0.05, 0.1) is 11.3 Å². The first-order valence-electron chi connectivity index (χ1n) is 7.05. The van der Waals surface area contributed by atoms with Gasteiger partial charge in [0, 0.05) is 5.56 Å². The van der Waals surface area contributed by atoms with E-state index in [-0.39, 0.29) is 0 Å². The van der Waals surface area contributed by atoms with Crippen LogP contribution in [0.2, 0.25) is 0 Å². The quantitative estimate of drug-likeness (QED) is 0.735. The Morgan fingerprint density at radius 2 is 1.57 bits per heavy atom. The number of nitrogens with two attached hydrogens (primary N) is 1. The van der Waals surface area contributed by atoms with Crippen molar-refractivity contribution in [1.29, 1.82) is 0 Å². The molecule has 0 amide bonds. The van der Waals surface area contributed by atoms with E-state index in [1.165, 1.54) is 22.3 Å². The third-order valence-corrected chi connectivity index (χ3v) is 3.83. The molecule has 0 atom stereocenters.